The van der Waals surface area contributed by atoms with Crippen molar-refractivity contribution in [2.75, 3.05) is 18.4 Å². The van der Waals surface area contributed by atoms with Crippen LogP contribution in [0.4, 0.5) is 5.82 Å². The number of sulfonamides is 1. The number of aromatic nitrogens is 2. The Kier molecular flexibility index (Phi) is 7.06. The first-order valence-corrected chi connectivity index (χ1v) is 11.8. The topological polar surface area (TPSA) is 84.3 Å². The largest absolute Gasteiger partial charge is 0.307 e. The minimum Gasteiger partial charge on any atom is -0.307 e. The van der Waals surface area contributed by atoms with Crippen molar-refractivity contribution in [3.05, 3.63) is 76.4 Å². The van der Waals surface area contributed by atoms with E-state index in [1.165, 1.54) is 16.4 Å². The summed E-state index contributed by atoms with van der Waals surface area (Å²) in [6.45, 7) is 4.79. The normalized spacial score (nSPS) is 11.6. The molecule has 30 heavy (non-hydrogen) atoms. The van der Waals surface area contributed by atoms with Gasteiger partial charge in [0.25, 0.3) is 5.91 Å². The lowest BCUT2D eigenvalue weighted by molar-refractivity contribution is 0.102. The number of carbonyl (C=O) groups excluding carboxylic acids is 1. The first-order valence-electron chi connectivity index (χ1n) is 9.53. The number of anilines is 1. The van der Waals surface area contributed by atoms with E-state index in [9.17, 15) is 13.2 Å². The molecule has 7 nitrogen and oxygen atoms in total. The van der Waals surface area contributed by atoms with E-state index in [1.54, 1.807) is 42.9 Å². The SMILES string of the molecule is CCN(CC)S(=O)(=O)c1cccc(C(=O)Nc2ccnn2Cc2ccc(Br)cc2)c1. The highest BCUT2D eigenvalue weighted by atomic mass is 79.9. The summed E-state index contributed by atoms with van der Waals surface area (Å²) in [5.41, 5.74) is 1.30. The van der Waals surface area contributed by atoms with Gasteiger partial charge in [0.1, 0.15) is 5.82 Å². The molecule has 0 aliphatic heterocycles. The Morgan fingerprint density at radius 1 is 1.10 bits per heavy atom. The fourth-order valence-electron chi connectivity index (χ4n) is 3.03. The number of hydrogen-bond donors (Lipinski definition) is 1. The number of halogens is 1. The molecule has 0 bridgehead atoms. The molecule has 0 spiro atoms. The van der Waals surface area contributed by atoms with E-state index in [0.29, 0.717) is 25.5 Å². The quantitative estimate of drug-likeness (QED) is 0.517. The highest BCUT2D eigenvalue weighted by molar-refractivity contribution is 9.10. The van der Waals surface area contributed by atoms with Gasteiger partial charge in [-0.15, -0.1) is 0 Å². The van der Waals surface area contributed by atoms with Crippen LogP contribution in [0.5, 0.6) is 0 Å². The molecular weight excluding hydrogens is 468 g/mol. The first-order chi connectivity index (χ1) is 14.3. The van der Waals surface area contributed by atoms with Crippen molar-refractivity contribution >= 4 is 37.7 Å². The molecule has 9 heteroatoms. The Balaban J connectivity index is 1.79. The summed E-state index contributed by atoms with van der Waals surface area (Å²) in [5.74, 6) is 0.129. The standard InChI is InChI=1S/C21H23BrN4O3S/c1-3-25(4-2)30(28,29)19-7-5-6-17(14-19)21(27)24-20-12-13-23-26(20)15-16-8-10-18(22)11-9-16/h5-14H,3-4,15H2,1-2H3,(H,24,27). The van der Waals surface area contributed by atoms with Crippen LogP contribution in [-0.2, 0) is 16.6 Å². The van der Waals surface area contributed by atoms with Gasteiger partial charge in [0.15, 0.2) is 0 Å². The van der Waals surface area contributed by atoms with Crippen LogP contribution in [0.25, 0.3) is 0 Å². The van der Waals surface area contributed by atoms with Gasteiger partial charge in [0, 0.05) is 29.2 Å². The third kappa shape index (κ3) is 4.97. The fourth-order valence-corrected chi connectivity index (χ4v) is 4.80. The predicted molar refractivity (Wildman–Crippen MR) is 120 cm³/mol. The number of rotatable bonds is 8. The van der Waals surface area contributed by atoms with Crippen molar-refractivity contribution in [2.45, 2.75) is 25.3 Å². The summed E-state index contributed by atoms with van der Waals surface area (Å²) in [7, 11) is -3.64. The maximum Gasteiger partial charge on any atom is 0.256 e. The maximum absolute atomic E-state index is 12.8. The Morgan fingerprint density at radius 2 is 1.80 bits per heavy atom. The number of nitrogens with zero attached hydrogens (tertiary/aromatic N) is 3. The van der Waals surface area contributed by atoms with Crippen molar-refractivity contribution < 1.29 is 13.2 Å². The Morgan fingerprint density at radius 3 is 2.47 bits per heavy atom. The predicted octanol–water partition coefficient (Wildman–Crippen LogP) is 3.98. The summed E-state index contributed by atoms with van der Waals surface area (Å²) in [6, 6.07) is 15.6. The molecule has 0 fully saturated rings. The molecule has 3 aromatic rings. The molecule has 0 saturated heterocycles. The highest BCUT2D eigenvalue weighted by Gasteiger charge is 2.22. The molecule has 0 atom stereocenters. The monoisotopic (exact) mass is 490 g/mol. The Labute approximate surface area is 184 Å². The van der Waals surface area contributed by atoms with Gasteiger partial charge in [-0.3, -0.25) is 4.79 Å². The van der Waals surface area contributed by atoms with Gasteiger partial charge in [-0.2, -0.15) is 9.40 Å². The zero-order valence-corrected chi connectivity index (χ0v) is 19.1. The summed E-state index contributed by atoms with van der Waals surface area (Å²) in [5, 5.41) is 7.09. The molecule has 0 saturated carbocycles. The second-order valence-electron chi connectivity index (χ2n) is 6.57. The summed E-state index contributed by atoms with van der Waals surface area (Å²) >= 11 is 3.41. The average molecular weight is 491 g/mol. The van der Waals surface area contributed by atoms with E-state index in [1.807, 2.05) is 24.3 Å². The van der Waals surface area contributed by atoms with E-state index in [4.69, 9.17) is 0 Å². The number of hydrogen-bond acceptors (Lipinski definition) is 4. The molecule has 0 aliphatic carbocycles. The van der Waals surface area contributed by atoms with E-state index in [0.717, 1.165) is 10.0 Å². The third-order valence-electron chi connectivity index (χ3n) is 4.64. The number of amides is 1. The first kappa shape index (κ1) is 22.2. The van der Waals surface area contributed by atoms with Crippen LogP contribution in [0.2, 0.25) is 0 Å². The van der Waals surface area contributed by atoms with Crippen LogP contribution >= 0.6 is 15.9 Å². The van der Waals surface area contributed by atoms with E-state index >= 15 is 0 Å². The second kappa shape index (κ2) is 9.55. The van der Waals surface area contributed by atoms with Crippen molar-refractivity contribution in [2.24, 2.45) is 0 Å². The van der Waals surface area contributed by atoms with Gasteiger partial charge in [0.05, 0.1) is 17.6 Å². The van der Waals surface area contributed by atoms with Crippen LogP contribution in [0.1, 0.15) is 29.8 Å². The number of nitrogens with one attached hydrogen (secondary N) is 1. The molecule has 158 valence electrons. The second-order valence-corrected chi connectivity index (χ2v) is 9.43. The molecule has 1 aromatic heterocycles. The van der Waals surface area contributed by atoms with Crippen molar-refractivity contribution in [1.29, 1.82) is 0 Å². The lowest BCUT2D eigenvalue weighted by Gasteiger charge is -2.18. The van der Waals surface area contributed by atoms with Gasteiger partial charge in [-0.25, -0.2) is 13.1 Å². The summed E-state index contributed by atoms with van der Waals surface area (Å²) in [4.78, 5) is 12.9. The Hall–Kier alpha value is -2.49. The van der Waals surface area contributed by atoms with E-state index < -0.39 is 15.9 Å². The molecule has 0 unspecified atom stereocenters. The molecular formula is C21H23BrN4O3S. The van der Waals surface area contributed by atoms with Gasteiger partial charge < -0.3 is 5.32 Å². The molecule has 1 amide bonds. The van der Waals surface area contributed by atoms with Crippen molar-refractivity contribution in [3.63, 3.8) is 0 Å². The lowest BCUT2D eigenvalue weighted by atomic mass is 10.2. The number of carbonyl (C=O) groups is 1. The summed E-state index contributed by atoms with van der Waals surface area (Å²) in [6.07, 6.45) is 1.61. The van der Waals surface area contributed by atoms with Gasteiger partial charge in [-0.1, -0.05) is 48.0 Å². The highest BCUT2D eigenvalue weighted by Crippen LogP contribution is 2.19. The van der Waals surface area contributed by atoms with Crippen molar-refractivity contribution in [1.82, 2.24) is 14.1 Å². The molecule has 1 heterocycles. The van der Waals surface area contributed by atoms with Crippen LogP contribution in [0.15, 0.2) is 70.2 Å². The van der Waals surface area contributed by atoms with Crippen molar-refractivity contribution in [3.8, 4) is 0 Å². The van der Waals surface area contributed by atoms with Crippen LogP contribution in [-0.4, -0.2) is 41.5 Å². The van der Waals surface area contributed by atoms with Gasteiger partial charge in [-0.05, 0) is 35.9 Å². The lowest BCUT2D eigenvalue weighted by Crippen LogP contribution is -2.30. The molecule has 1 N–H and O–H groups in total. The maximum atomic E-state index is 12.8. The molecule has 2 aromatic carbocycles. The third-order valence-corrected chi connectivity index (χ3v) is 7.22. The van der Waals surface area contributed by atoms with E-state index in [2.05, 4.69) is 26.3 Å². The zero-order chi connectivity index (χ0) is 21.7. The van der Waals surface area contributed by atoms with Crippen LogP contribution in [0.3, 0.4) is 0 Å². The molecule has 0 radical (unpaired) electrons. The fraction of sp³-hybridized carbons (Fsp3) is 0.238. The minimum atomic E-state index is -3.64. The van der Waals surface area contributed by atoms with Gasteiger partial charge in [0.2, 0.25) is 10.0 Å². The van der Waals surface area contributed by atoms with Crippen LogP contribution in [0, 0.1) is 0 Å². The smallest absolute Gasteiger partial charge is 0.256 e. The Bertz CT molecular complexity index is 1120. The molecule has 0 aliphatic rings. The molecule has 3 rings (SSSR count). The van der Waals surface area contributed by atoms with E-state index in [-0.39, 0.29) is 10.5 Å². The average Bonchev–Trinajstić information content (AvgIpc) is 3.17. The summed E-state index contributed by atoms with van der Waals surface area (Å²) < 4.78 is 29.5. The minimum absolute atomic E-state index is 0.0993. The van der Waals surface area contributed by atoms with Gasteiger partial charge >= 0.3 is 0 Å². The zero-order valence-electron chi connectivity index (χ0n) is 16.7. The number of benzene rings is 2. The van der Waals surface area contributed by atoms with Crippen LogP contribution < -0.4 is 5.32 Å².